The van der Waals surface area contributed by atoms with Crippen molar-refractivity contribution < 1.29 is 37.4 Å². The van der Waals surface area contributed by atoms with Gasteiger partial charge in [-0.25, -0.2) is 23.5 Å². The van der Waals surface area contributed by atoms with Gasteiger partial charge in [0.2, 0.25) is 18.2 Å². The van der Waals surface area contributed by atoms with Gasteiger partial charge in [0.05, 0.1) is 54.1 Å². The van der Waals surface area contributed by atoms with E-state index in [0.717, 1.165) is 35.5 Å². The number of hydrogen-bond acceptors (Lipinski definition) is 9. The van der Waals surface area contributed by atoms with Crippen LogP contribution in [0.25, 0.3) is 22.3 Å². The fourth-order valence-electron chi connectivity index (χ4n) is 8.71. The highest BCUT2D eigenvalue weighted by Crippen LogP contribution is 2.57. The number of carbonyl (C=O) groups excluding carboxylic acids is 3. The lowest BCUT2D eigenvalue weighted by molar-refractivity contribution is -0.335. The summed E-state index contributed by atoms with van der Waals surface area (Å²) in [5.41, 5.74) is 4.40. The van der Waals surface area contributed by atoms with E-state index >= 15 is 8.78 Å². The van der Waals surface area contributed by atoms with Crippen molar-refractivity contribution in [3.63, 3.8) is 0 Å². The number of methoxy groups -OCH3 is 1. The second kappa shape index (κ2) is 15.8. The molecule has 306 valence electrons. The topological polar surface area (TPSA) is 167 Å². The molecule has 16 heteroatoms. The molecule has 1 aliphatic carbocycles. The van der Waals surface area contributed by atoms with Gasteiger partial charge in [-0.2, -0.15) is 0 Å². The number of nitrogens with one attached hydrogen (secondary N) is 4. The maximum absolute atomic E-state index is 15.2. The molecule has 14 nitrogen and oxygen atoms in total. The van der Waals surface area contributed by atoms with Crippen LogP contribution < -0.4 is 10.6 Å². The van der Waals surface area contributed by atoms with E-state index < -0.39 is 60.8 Å². The molecule has 4 N–H and O–H groups in total. The highest BCUT2D eigenvalue weighted by atomic mass is 19.3. The van der Waals surface area contributed by atoms with Crippen LogP contribution in [0.5, 0.6) is 0 Å². The van der Waals surface area contributed by atoms with E-state index in [0.29, 0.717) is 23.1 Å². The third-order valence-corrected chi connectivity index (χ3v) is 11.8. The Hall–Kier alpha value is -5.37. The predicted molar refractivity (Wildman–Crippen MR) is 208 cm³/mol. The van der Waals surface area contributed by atoms with E-state index in [2.05, 4.69) is 42.4 Å². The van der Waals surface area contributed by atoms with Gasteiger partial charge in [-0.1, -0.05) is 51.7 Å². The minimum atomic E-state index is -2.96. The number of benzene rings is 2. The molecule has 1 saturated carbocycles. The number of imidazole rings is 2. The fraction of sp³-hybridized carbons (Fsp3) is 0.500. The Morgan fingerprint density at radius 1 is 0.966 bits per heavy atom. The van der Waals surface area contributed by atoms with Gasteiger partial charge in [-0.05, 0) is 67.0 Å². The van der Waals surface area contributed by atoms with Crippen molar-refractivity contribution in [3.05, 3.63) is 71.4 Å². The number of alkyl carbamates (subject to hydrolysis) is 1. The lowest BCUT2D eigenvalue weighted by Crippen LogP contribution is -2.56. The van der Waals surface area contributed by atoms with Crippen LogP contribution in [0.4, 0.5) is 13.6 Å². The first-order valence-electron chi connectivity index (χ1n) is 19.8. The van der Waals surface area contributed by atoms with Gasteiger partial charge in [0, 0.05) is 30.1 Å². The van der Waals surface area contributed by atoms with Gasteiger partial charge in [-0.15, -0.1) is 0 Å². The number of H-pyrrole nitrogens is 2. The highest BCUT2D eigenvalue weighted by molar-refractivity contribution is 5.87. The molecule has 2 aromatic heterocycles. The number of alkyl halides is 2. The first-order valence-corrected chi connectivity index (χ1v) is 19.8. The van der Waals surface area contributed by atoms with Crippen LogP contribution in [0.2, 0.25) is 0 Å². The average molecular weight is 799 g/mol. The van der Waals surface area contributed by atoms with Crippen molar-refractivity contribution in [2.45, 2.75) is 95.9 Å². The summed E-state index contributed by atoms with van der Waals surface area (Å²) in [6, 6.07) is 9.95. The van der Waals surface area contributed by atoms with Crippen LogP contribution in [0.15, 0.2) is 48.7 Å². The van der Waals surface area contributed by atoms with Gasteiger partial charge in [0.1, 0.15) is 17.7 Å². The molecule has 6 atom stereocenters. The number of piperidine rings is 1. The minimum absolute atomic E-state index is 0.000333. The van der Waals surface area contributed by atoms with E-state index in [1.807, 2.05) is 55.1 Å². The van der Waals surface area contributed by atoms with Crippen molar-refractivity contribution in [2.75, 3.05) is 20.4 Å². The van der Waals surface area contributed by atoms with E-state index in [4.69, 9.17) is 14.2 Å². The number of carbonyl (C=O) groups is 3. The fourth-order valence-corrected chi connectivity index (χ4v) is 8.71. The normalized spacial score (nSPS) is 23.5. The molecular formula is C42H48F2N8O6. The molecule has 4 aliphatic rings. The quantitative estimate of drug-likeness (QED) is 0.150. The first kappa shape index (κ1) is 39.5. The van der Waals surface area contributed by atoms with Crippen molar-refractivity contribution in [1.82, 2.24) is 40.4 Å². The number of aromatic nitrogens is 4. The molecule has 5 heterocycles. The lowest BCUT2D eigenvalue weighted by atomic mass is 9.92. The van der Waals surface area contributed by atoms with Crippen LogP contribution in [0, 0.1) is 29.6 Å². The SMILES string of the molecule is COC(=O)N[C@H](C(=O)N1[C@H]2C[C@@H]([C@H]1c1nc3ccc(C#Cc4ccc(-c5cnc([C@@H]6CCCN6C(=O)[C@@H](NC6OCO6)C(C)C)[nH]5)cc4)cc3[nH]1)C(F)(F)C2)C(C)C. The lowest BCUT2D eigenvalue weighted by Gasteiger charge is -2.40. The molecule has 3 saturated heterocycles. The monoisotopic (exact) mass is 798 g/mol. The number of aromatic amines is 2. The van der Waals surface area contributed by atoms with Crippen LogP contribution in [-0.4, -0.2) is 98.6 Å². The summed E-state index contributed by atoms with van der Waals surface area (Å²) < 4.78 is 45.8. The van der Waals surface area contributed by atoms with E-state index in [1.165, 1.54) is 12.0 Å². The van der Waals surface area contributed by atoms with Crippen LogP contribution in [-0.2, 0) is 23.8 Å². The van der Waals surface area contributed by atoms with Crippen molar-refractivity contribution in [2.24, 2.45) is 17.8 Å². The maximum Gasteiger partial charge on any atom is 0.407 e. The molecule has 8 rings (SSSR count). The largest absolute Gasteiger partial charge is 0.453 e. The molecule has 58 heavy (non-hydrogen) atoms. The van der Waals surface area contributed by atoms with Crippen LogP contribution >= 0.6 is 0 Å². The van der Waals surface area contributed by atoms with Crippen LogP contribution in [0.1, 0.15) is 88.2 Å². The number of rotatable bonds is 10. The molecule has 4 aromatic rings. The Morgan fingerprint density at radius 3 is 2.38 bits per heavy atom. The van der Waals surface area contributed by atoms with Gasteiger partial charge in [-0.3, -0.25) is 14.9 Å². The Kier molecular flexibility index (Phi) is 10.7. The predicted octanol–water partition coefficient (Wildman–Crippen LogP) is 5.60. The molecule has 0 spiro atoms. The standard InChI is InChI=1S/C42H48F2N8O6/c1-22(2)33(50-41-57-21-58-41)38(53)51-16-6-7-32(51)36-45-20-31(48-36)26-13-10-24(11-14-26)8-9-25-12-15-29-30(17-25)47-37(46-29)35-28-18-27(19-42(28,43)44)52(35)39(54)34(23(3)4)49-40(55)56-5/h10-15,17,20,22-23,27-28,32-35,41,50H,6-7,16,18-19,21H2,1-5H3,(H,45,48)(H,46,47)(H,49,55)/t27-,28-,32-,33-,34-,35-/m0/s1. The summed E-state index contributed by atoms with van der Waals surface area (Å²) in [5, 5.41) is 5.76. The Morgan fingerprint density at radius 2 is 1.69 bits per heavy atom. The van der Waals surface area contributed by atoms with E-state index in [1.54, 1.807) is 26.1 Å². The second-order valence-electron chi connectivity index (χ2n) is 16.2. The number of amides is 3. The Bertz CT molecular complexity index is 2240. The first-order chi connectivity index (χ1) is 27.8. The number of hydrogen-bond donors (Lipinski definition) is 4. The number of likely N-dealkylation sites (tertiary alicyclic amines) is 2. The summed E-state index contributed by atoms with van der Waals surface area (Å²) in [7, 11) is 1.21. The Balaban J connectivity index is 0.962. The summed E-state index contributed by atoms with van der Waals surface area (Å²) >= 11 is 0. The number of nitrogens with zero attached hydrogens (tertiary/aromatic N) is 4. The molecule has 2 aromatic carbocycles. The van der Waals surface area contributed by atoms with E-state index in [-0.39, 0.29) is 42.8 Å². The zero-order valence-electron chi connectivity index (χ0n) is 33.1. The van der Waals surface area contributed by atoms with Crippen molar-refractivity contribution in [1.29, 1.82) is 0 Å². The Labute approximate surface area is 334 Å². The molecule has 0 radical (unpaired) electrons. The van der Waals surface area contributed by atoms with Gasteiger partial charge < -0.3 is 39.3 Å². The third-order valence-electron chi connectivity index (χ3n) is 11.8. The zero-order valence-corrected chi connectivity index (χ0v) is 33.1. The van der Waals surface area contributed by atoms with Crippen molar-refractivity contribution in [3.8, 4) is 23.1 Å². The van der Waals surface area contributed by atoms with Crippen molar-refractivity contribution >= 4 is 28.9 Å². The number of halogens is 2. The summed E-state index contributed by atoms with van der Waals surface area (Å²) in [5.74, 6) is 2.62. The third kappa shape index (κ3) is 7.54. The van der Waals surface area contributed by atoms with Crippen LogP contribution in [0.3, 0.4) is 0 Å². The average Bonchev–Trinajstić information content (AvgIpc) is 4.02. The molecule has 3 amide bonds. The summed E-state index contributed by atoms with van der Waals surface area (Å²) in [6.07, 6.45) is 1.86. The second-order valence-corrected chi connectivity index (χ2v) is 16.2. The molecule has 4 fully saturated rings. The van der Waals surface area contributed by atoms with E-state index in [9.17, 15) is 14.4 Å². The summed E-state index contributed by atoms with van der Waals surface area (Å²) in [4.78, 5) is 59.0. The minimum Gasteiger partial charge on any atom is -0.453 e. The maximum atomic E-state index is 15.2. The number of fused-ring (bicyclic) bond motifs is 3. The number of ether oxygens (including phenoxy) is 3. The molecule has 2 bridgehead atoms. The van der Waals surface area contributed by atoms with Gasteiger partial charge in [0.15, 0.2) is 6.79 Å². The highest BCUT2D eigenvalue weighted by Gasteiger charge is 2.64. The zero-order chi connectivity index (χ0) is 40.9. The molecule has 3 aliphatic heterocycles. The molecular weight excluding hydrogens is 751 g/mol. The summed E-state index contributed by atoms with van der Waals surface area (Å²) in [6.45, 7) is 8.42. The smallest absolute Gasteiger partial charge is 0.407 e. The molecule has 0 unspecified atom stereocenters. The van der Waals surface area contributed by atoms with Gasteiger partial charge >= 0.3 is 6.09 Å². The van der Waals surface area contributed by atoms with Gasteiger partial charge in [0.25, 0.3) is 5.92 Å².